The van der Waals surface area contributed by atoms with E-state index in [-0.39, 0.29) is 21.5 Å². The molecule has 0 saturated carbocycles. The first-order chi connectivity index (χ1) is 10.6. The molecule has 0 saturated heterocycles. The SMILES string of the molecule is CCC[C@H](C)NC(=O)COC(=O)c1ccc(Cl)c(S(N)(=O)=O)c1. The number of rotatable bonds is 7. The number of benzene rings is 1. The van der Waals surface area contributed by atoms with E-state index in [2.05, 4.69) is 5.32 Å². The Bertz CT molecular complexity index is 690. The fourth-order valence-corrected chi connectivity index (χ4v) is 2.96. The lowest BCUT2D eigenvalue weighted by Crippen LogP contribution is -2.35. The highest BCUT2D eigenvalue weighted by Gasteiger charge is 2.18. The van der Waals surface area contributed by atoms with E-state index in [0.29, 0.717) is 0 Å². The highest BCUT2D eigenvalue weighted by molar-refractivity contribution is 7.89. The average molecular weight is 363 g/mol. The summed E-state index contributed by atoms with van der Waals surface area (Å²) in [5, 5.41) is 7.58. The molecule has 0 aromatic heterocycles. The van der Waals surface area contributed by atoms with E-state index in [1.54, 1.807) is 0 Å². The van der Waals surface area contributed by atoms with Gasteiger partial charge in [-0.1, -0.05) is 24.9 Å². The average Bonchev–Trinajstić information content (AvgIpc) is 2.44. The first kappa shape index (κ1) is 19.4. The minimum absolute atomic E-state index is 0.0179. The van der Waals surface area contributed by atoms with Crippen LogP contribution in [0, 0.1) is 0 Å². The van der Waals surface area contributed by atoms with Gasteiger partial charge in [-0.05, 0) is 31.5 Å². The zero-order valence-electron chi connectivity index (χ0n) is 12.8. The van der Waals surface area contributed by atoms with Crippen LogP contribution in [0.1, 0.15) is 37.0 Å². The number of ether oxygens (including phenoxy) is 1. The Balaban J connectivity index is 2.71. The van der Waals surface area contributed by atoms with Crippen molar-refractivity contribution in [2.24, 2.45) is 5.14 Å². The maximum Gasteiger partial charge on any atom is 0.338 e. The number of hydrogen-bond donors (Lipinski definition) is 2. The van der Waals surface area contributed by atoms with Gasteiger partial charge in [-0.25, -0.2) is 18.4 Å². The molecule has 128 valence electrons. The van der Waals surface area contributed by atoms with Crippen molar-refractivity contribution in [1.82, 2.24) is 5.32 Å². The van der Waals surface area contributed by atoms with Crippen molar-refractivity contribution in [3.63, 3.8) is 0 Å². The van der Waals surface area contributed by atoms with Gasteiger partial charge in [0.15, 0.2) is 6.61 Å². The monoisotopic (exact) mass is 362 g/mol. The highest BCUT2D eigenvalue weighted by atomic mass is 35.5. The smallest absolute Gasteiger partial charge is 0.338 e. The molecule has 1 rings (SSSR count). The van der Waals surface area contributed by atoms with E-state index in [1.807, 2.05) is 13.8 Å². The van der Waals surface area contributed by atoms with Gasteiger partial charge < -0.3 is 10.1 Å². The van der Waals surface area contributed by atoms with Crippen molar-refractivity contribution in [3.05, 3.63) is 28.8 Å². The minimum atomic E-state index is -4.06. The second-order valence-electron chi connectivity index (χ2n) is 5.02. The van der Waals surface area contributed by atoms with Crippen molar-refractivity contribution in [2.75, 3.05) is 6.61 Å². The van der Waals surface area contributed by atoms with Gasteiger partial charge in [0.1, 0.15) is 4.90 Å². The molecule has 23 heavy (non-hydrogen) atoms. The third-order valence-corrected chi connectivity index (χ3v) is 4.33. The molecule has 0 spiro atoms. The first-order valence-corrected chi connectivity index (χ1v) is 8.86. The van der Waals surface area contributed by atoms with Crippen molar-refractivity contribution in [3.8, 4) is 0 Å². The number of sulfonamides is 1. The molecular weight excluding hydrogens is 344 g/mol. The Labute approximate surface area is 140 Å². The zero-order chi connectivity index (χ0) is 17.6. The summed E-state index contributed by atoms with van der Waals surface area (Å²) in [5.74, 6) is -1.27. The molecule has 1 atom stereocenters. The fourth-order valence-electron chi connectivity index (χ4n) is 1.88. The number of esters is 1. The van der Waals surface area contributed by atoms with Crippen LogP contribution in [0.5, 0.6) is 0 Å². The molecule has 9 heteroatoms. The molecule has 0 aliphatic rings. The second kappa shape index (κ2) is 8.28. The topological polar surface area (TPSA) is 116 Å². The molecule has 0 aliphatic heterocycles. The number of amides is 1. The quantitative estimate of drug-likeness (QED) is 0.712. The minimum Gasteiger partial charge on any atom is -0.452 e. The Morgan fingerprint density at radius 2 is 2.04 bits per heavy atom. The summed E-state index contributed by atoms with van der Waals surface area (Å²) in [7, 11) is -4.06. The number of primary sulfonamides is 1. The van der Waals surface area contributed by atoms with Crippen molar-refractivity contribution >= 4 is 33.5 Å². The summed E-state index contributed by atoms with van der Waals surface area (Å²) in [6.45, 7) is 3.38. The van der Waals surface area contributed by atoms with Crippen LogP contribution in [-0.4, -0.2) is 32.9 Å². The number of halogens is 1. The Morgan fingerprint density at radius 3 is 2.61 bits per heavy atom. The van der Waals surface area contributed by atoms with Crippen molar-refractivity contribution in [2.45, 2.75) is 37.6 Å². The Kier molecular flexibility index (Phi) is 6.99. The Morgan fingerprint density at radius 1 is 1.39 bits per heavy atom. The summed E-state index contributed by atoms with van der Waals surface area (Å²) in [6, 6.07) is 3.51. The molecule has 1 amide bonds. The summed E-state index contributed by atoms with van der Waals surface area (Å²) in [4.78, 5) is 23.1. The van der Waals surface area contributed by atoms with Crippen LogP contribution in [0.4, 0.5) is 0 Å². The van der Waals surface area contributed by atoms with Crippen LogP contribution < -0.4 is 10.5 Å². The van der Waals surface area contributed by atoms with E-state index in [9.17, 15) is 18.0 Å². The number of hydrogen-bond acceptors (Lipinski definition) is 5. The van der Waals surface area contributed by atoms with Crippen LogP contribution in [0.25, 0.3) is 0 Å². The van der Waals surface area contributed by atoms with Gasteiger partial charge in [0.05, 0.1) is 10.6 Å². The predicted octanol–water partition coefficient (Wildman–Crippen LogP) is 1.45. The zero-order valence-corrected chi connectivity index (χ0v) is 14.4. The molecule has 0 fully saturated rings. The lowest BCUT2D eigenvalue weighted by atomic mass is 10.2. The molecule has 0 heterocycles. The van der Waals surface area contributed by atoms with Gasteiger partial charge in [0, 0.05) is 6.04 Å². The number of carbonyl (C=O) groups excluding carboxylic acids is 2. The van der Waals surface area contributed by atoms with Gasteiger partial charge in [-0.3, -0.25) is 4.79 Å². The van der Waals surface area contributed by atoms with E-state index >= 15 is 0 Å². The fraction of sp³-hybridized carbons (Fsp3) is 0.429. The standard InChI is InChI=1S/C14H19ClN2O5S/c1-3-4-9(2)17-13(18)8-22-14(19)10-5-6-11(15)12(7-10)23(16,20)21/h5-7,9H,3-4,8H2,1-2H3,(H,17,18)(H2,16,20,21)/t9-/m0/s1. The molecule has 1 aromatic rings. The summed E-state index contributed by atoms with van der Waals surface area (Å²) >= 11 is 5.72. The number of nitrogens with one attached hydrogen (secondary N) is 1. The summed E-state index contributed by atoms with van der Waals surface area (Å²) in [5.41, 5.74) is -0.0622. The first-order valence-electron chi connectivity index (χ1n) is 6.94. The van der Waals surface area contributed by atoms with Gasteiger partial charge in [0.2, 0.25) is 10.0 Å². The van der Waals surface area contributed by atoms with Crippen LogP contribution >= 0.6 is 11.6 Å². The van der Waals surface area contributed by atoms with Gasteiger partial charge >= 0.3 is 5.97 Å². The van der Waals surface area contributed by atoms with Gasteiger partial charge in [-0.15, -0.1) is 0 Å². The van der Waals surface area contributed by atoms with Gasteiger partial charge in [-0.2, -0.15) is 0 Å². The molecule has 1 aromatic carbocycles. The van der Waals surface area contributed by atoms with Crippen LogP contribution in [0.2, 0.25) is 5.02 Å². The molecule has 0 bridgehead atoms. The van der Waals surface area contributed by atoms with E-state index in [4.69, 9.17) is 21.5 Å². The lowest BCUT2D eigenvalue weighted by molar-refractivity contribution is -0.124. The maximum absolute atomic E-state index is 11.9. The van der Waals surface area contributed by atoms with E-state index in [0.717, 1.165) is 18.9 Å². The molecule has 3 N–H and O–H groups in total. The summed E-state index contributed by atoms with van der Waals surface area (Å²) < 4.78 is 27.6. The maximum atomic E-state index is 11.9. The van der Waals surface area contributed by atoms with E-state index < -0.39 is 28.5 Å². The number of nitrogens with two attached hydrogens (primary N) is 1. The second-order valence-corrected chi connectivity index (χ2v) is 6.96. The summed E-state index contributed by atoms with van der Waals surface area (Å²) in [6.07, 6.45) is 1.73. The van der Waals surface area contributed by atoms with E-state index in [1.165, 1.54) is 12.1 Å². The highest BCUT2D eigenvalue weighted by Crippen LogP contribution is 2.21. The lowest BCUT2D eigenvalue weighted by Gasteiger charge is -2.13. The molecule has 0 unspecified atom stereocenters. The Hall–Kier alpha value is -1.64. The molecular formula is C14H19ClN2O5S. The van der Waals surface area contributed by atoms with Crippen LogP contribution in [0.15, 0.2) is 23.1 Å². The largest absolute Gasteiger partial charge is 0.452 e. The third kappa shape index (κ3) is 6.17. The normalized spacial score (nSPS) is 12.5. The predicted molar refractivity (Wildman–Crippen MR) is 85.6 cm³/mol. The van der Waals surface area contributed by atoms with Crippen LogP contribution in [0.3, 0.4) is 0 Å². The van der Waals surface area contributed by atoms with Crippen molar-refractivity contribution in [1.29, 1.82) is 0 Å². The number of carbonyl (C=O) groups is 2. The third-order valence-electron chi connectivity index (χ3n) is 2.94. The van der Waals surface area contributed by atoms with Gasteiger partial charge in [0.25, 0.3) is 5.91 Å². The molecule has 0 radical (unpaired) electrons. The molecule has 7 nitrogen and oxygen atoms in total. The molecule has 0 aliphatic carbocycles. The van der Waals surface area contributed by atoms with Crippen LogP contribution in [-0.2, 0) is 19.6 Å². The van der Waals surface area contributed by atoms with Crippen molar-refractivity contribution < 1.29 is 22.7 Å².